The van der Waals surface area contributed by atoms with Gasteiger partial charge in [-0.15, -0.1) is 11.3 Å². The van der Waals surface area contributed by atoms with Crippen LogP contribution in [0.1, 0.15) is 42.8 Å². The molecule has 2 amide bonds. The monoisotopic (exact) mass is 422 g/mol. The summed E-state index contributed by atoms with van der Waals surface area (Å²) < 4.78 is 28.6. The van der Waals surface area contributed by atoms with Crippen LogP contribution in [0.5, 0.6) is 0 Å². The van der Waals surface area contributed by atoms with Crippen molar-refractivity contribution < 1.29 is 13.6 Å². The predicted octanol–water partition coefficient (Wildman–Crippen LogP) is 4.11. The molecule has 3 N–H and O–H groups in total. The van der Waals surface area contributed by atoms with Crippen molar-refractivity contribution in [3.63, 3.8) is 0 Å². The van der Waals surface area contributed by atoms with E-state index in [4.69, 9.17) is 5.73 Å². The molecule has 0 aliphatic carbocycles. The number of amides is 2. The molecule has 1 saturated heterocycles. The molecule has 0 radical (unpaired) electrons. The highest BCUT2D eigenvalue weighted by Crippen LogP contribution is 2.44. The fourth-order valence-electron chi connectivity index (χ4n) is 4.06. The molecule has 158 valence electrons. The zero-order chi connectivity index (χ0) is 21.2. The molecule has 1 fully saturated rings. The lowest BCUT2D eigenvalue weighted by molar-refractivity contribution is 0.0590. The first kappa shape index (κ1) is 21.6. The van der Waals surface area contributed by atoms with E-state index < -0.39 is 17.7 Å². The molecule has 2 aromatic rings. The SMILES string of the molecule is Cc1ccc(C(C)(C)N2CCC(CCc3ccc(F)s3)([C@@H](F)NC(N)=O)C2)cn1. The third kappa shape index (κ3) is 4.75. The Morgan fingerprint density at radius 3 is 2.76 bits per heavy atom. The van der Waals surface area contributed by atoms with Gasteiger partial charge in [0.05, 0.1) is 0 Å². The molecular weight excluding hydrogens is 394 g/mol. The number of hydrogen-bond donors (Lipinski definition) is 2. The second-order valence-corrected chi connectivity index (χ2v) is 9.48. The van der Waals surface area contributed by atoms with E-state index >= 15 is 4.39 Å². The van der Waals surface area contributed by atoms with Crippen LogP contribution in [0.25, 0.3) is 0 Å². The number of nitrogens with two attached hydrogens (primary N) is 1. The van der Waals surface area contributed by atoms with Crippen LogP contribution < -0.4 is 11.1 Å². The van der Waals surface area contributed by atoms with E-state index in [1.54, 1.807) is 6.07 Å². The molecule has 3 heterocycles. The van der Waals surface area contributed by atoms with Crippen LogP contribution in [0.3, 0.4) is 0 Å². The molecule has 5 nitrogen and oxygen atoms in total. The van der Waals surface area contributed by atoms with E-state index in [1.807, 2.05) is 25.3 Å². The van der Waals surface area contributed by atoms with Crippen molar-refractivity contribution in [2.24, 2.45) is 11.1 Å². The molecule has 0 bridgehead atoms. The third-order valence-corrected chi connectivity index (χ3v) is 7.03. The summed E-state index contributed by atoms with van der Waals surface area (Å²) in [7, 11) is 0. The zero-order valence-electron chi connectivity index (χ0n) is 17.0. The van der Waals surface area contributed by atoms with Crippen LogP contribution in [0.4, 0.5) is 13.6 Å². The minimum atomic E-state index is -1.57. The molecule has 0 aromatic carbocycles. The largest absolute Gasteiger partial charge is 0.352 e. The van der Waals surface area contributed by atoms with Gasteiger partial charge in [0.2, 0.25) is 0 Å². The molecule has 0 spiro atoms. The lowest BCUT2D eigenvalue weighted by Crippen LogP contribution is -2.50. The second-order valence-electron chi connectivity index (χ2n) is 8.36. The Balaban J connectivity index is 1.81. The van der Waals surface area contributed by atoms with Gasteiger partial charge >= 0.3 is 6.03 Å². The van der Waals surface area contributed by atoms with E-state index in [-0.39, 0.29) is 10.7 Å². The topological polar surface area (TPSA) is 71.2 Å². The Labute approximate surface area is 174 Å². The van der Waals surface area contributed by atoms with Gasteiger partial charge in [0.25, 0.3) is 0 Å². The van der Waals surface area contributed by atoms with Gasteiger partial charge in [0.15, 0.2) is 11.4 Å². The Bertz CT molecular complexity index is 855. The minimum absolute atomic E-state index is 0.248. The van der Waals surface area contributed by atoms with Crippen molar-refractivity contribution in [3.05, 3.63) is 51.7 Å². The molecule has 2 aromatic heterocycles. The summed E-state index contributed by atoms with van der Waals surface area (Å²) in [6.07, 6.45) is 1.91. The summed E-state index contributed by atoms with van der Waals surface area (Å²) in [4.78, 5) is 18.8. The van der Waals surface area contributed by atoms with Gasteiger partial charge in [-0.3, -0.25) is 9.88 Å². The number of thiophene rings is 1. The molecule has 1 unspecified atom stereocenters. The highest BCUT2D eigenvalue weighted by atomic mass is 32.1. The van der Waals surface area contributed by atoms with Gasteiger partial charge in [-0.2, -0.15) is 4.39 Å². The number of nitrogens with zero attached hydrogens (tertiary/aromatic N) is 2. The summed E-state index contributed by atoms with van der Waals surface area (Å²) in [5, 5.41) is 2.00. The number of hydrogen-bond acceptors (Lipinski definition) is 4. The first-order valence-corrected chi connectivity index (χ1v) is 10.6. The van der Waals surface area contributed by atoms with Crippen LogP contribution >= 0.6 is 11.3 Å². The number of carbonyl (C=O) groups is 1. The summed E-state index contributed by atoms with van der Waals surface area (Å²) in [6, 6.07) is 6.30. The van der Waals surface area contributed by atoms with Gasteiger partial charge < -0.3 is 11.1 Å². The summed E-state index contributed by atoms with van der Waals surface area (Å²) in [6.45, 7) is 7.27. The quantitative estimate of drug-likeness (QED) is 0.660. The summed E-state index contributed by atoms with van der Waals surface area (Å²) >= 11 is 1.08. The predicted molar refractivity (Wildman–Crippen MR) is 111 cm³/mol. The number of aryl methyl sites for hydroxylation is 2. The van der Waals surface area contributed by atoms with Crippen molar-refractivity contribution in [2.45, 2.75) is 51.9 Å². The van der Waals surface area contributed by atoms with Crippen LogP contribution in [-0.4, -0.2) is 35.3 Å². The molecule has 0 saturated carbocycles. The molecule has 8 heteroatoms. The average molecular weight is 423 g/mol. The Morgan fingerprint density at radius 2 is 2.17 bits per heavy atom. The van der Waals surface area contributed by atoms with E-state index in [9.17, 15) is 9.18 Å². The van der Waals surface area contributed by atoms with Crippen molar-refractivity contribution in [3.8, 4) is 0 Å². The smallest absolute Gasteiger partial charge is 0.314 e. The maximum absolute atomic E-state index is 15.2. The molecular formula is C21H28F2N4OS. The maximum Gasteiger partial charge on any atom is 0.314 e. The standard InChI is InChI=1S/C21H28F2N4OS/c1-14-4-5-15(12-25-14)20(2,3)27-11-10-21(13-27,18(23)26-19(24)28)9-8-16-6-7-17(22)29-16/h4-7,12,18H,8-11,13H2,1-3H3,(H3,24,26,28)/t18-,21?/m0/s1. The normalized spacial score (nSPS) is 21.3. The van der Waals surface area contributed by atoms with Crippen LogP contribution in [-0.2, 0) is 12.0 Å². The number of rotatable bonds is 7. The Kier molecular flexibility index (Phi) is 6.24. The number of primary amides is 1. The van der Waals surface area contributed by atoms with Gasteiger partial charge in [0, 0.05) is 34.3 Å². The van der Waals surface area contributed by atoms with Crippen LogP contribution in [0.15, 0.2) is 30.5 Å². The number of alkyl halides is 1. The van der Waals surface area contributed by atoms with Crippen molar-refractivity contribution in [1.29, 1.82) is 0 Å². The number of likely N-dealkylation sites (tertiary alicyclic amines) is 1. The van der Waals surface area contributed by atoms with E-state index in [0.29, 0.717) is 32.4 Å². The molecule has 2 atom stereocenters. The number of carbonyl (C=O) groups excluding carboxylic acids is 1. The second kappa shape index (κ2) is 8.36. The molecule has 29 heavy (non-hydrogen) atoms. The van der Waals surface area contributed by atoms with Crippen LogP contribution in [0, 0.1) is 17.5 Å². The lowest BCUT2D eigenvalue weighted by Gasteiger charge is -2.39. The summed E-state index contributed by atoms with van der Waals surface area (Å²) in [5.74, 6) is 0. The first-order valence-electron chi connectivity index (χ1n) is 9.75. The fourth-order valence-corrected chi connectivity index (χ4v) is 4.79. The number of pyridine rings is 1. The zero-order valence-corrected chi connectivity index (χ0v) is 17.9. The van der Waals surface area contributed by atoms with Gasteiger partial charge in [0.1, 0.15) is 0 Å². The molecule has 1 aliphatic heterocycles. The van der Waals surface area contributed by atoms with E-state index in [0.717, 1.165) is 27.5 Å². The average Bonchev–Trinajstić information content (AvgIpc) is 3.27. The van der Waals surface area contributed by atoms with Crippen molar-refractivity contribution in [1.82, 2.24) is 15.2 Å². The molecule has 3 rings (SSSR count). The Morgan fingerprint density at radius 1 is 1.41 bits per heavy atom. The minimum Gasteiger partial charge on any atom is -0.352 e. The van der Waals surface area contributed by atoms with Gasteiger partial charge in [-0.05, 0) is 70.3 Å². The number of urea groups is 1. The Hall–Kier alpha value is -2.06. The van der Waals surface area contributed by atoms with Crippen LogP contribution in [0.2, 0.25) is 0 Å². The highest BCUT2D eigenvalue weighted by molar-refractivity contribution is 7.10. The van der Waals surface area contributed by atoms with E-state index in [1.165, 1.54) is 6.07 Å². The van der Waals surface area contributed by atoms with Gasteiger partial charge in [-0.25, -0.2) is 9.18 Å². The van der Waals surface area contributed by atoms with E-state index in [2.05, 4.69) is 29.0 Å². The van der Waals surface area contributed by atoms with Crippen molar-refractivity contribution in [2.75, 3.05) is 13.1 Å². The number of nitrogens with one attached hydrogen (secondary N) is 1. The lowest BCUT2D eigenvalue weighted by atomic mass is 9.80. The maximum atomic E-state index is 15.2. The summed E-state index contributed by atoms with van der Waals surface area (Å²) in [5.41, 5.74) is 6.06. The van der Waals surface area contributed by atoms with Crippen molar-refractivity contribution >= 4 is 17.4 Å². The molecule has 1 aliphatic rings. The first-order chi connectivity index (χ1) is 13.6. The number of halogens is 2. The van der Waals surface area contributed by atoms with Gasteiger partial charge in [-0.1, -0.05) is 6.07 Å². The highest BCUT2D eigenvalue weighted by Gasteiger charge is 2.48. The third-order valence-electron chi connectivity index (χ3n) is 6.10. The number of aromatic nitrogens is 1. The fraction of sp³-hybridized carbons (Fsp3) is 0.524.